The molecular weight excluding hydrogens is 346 g/mol. The zero-order valence-electron chi connectivity index (χ0n) is 15.3. The number of nitrogens with zero attached hydrogens (tertiary/aromatic N) is 2. The molecule has 1 N–H and O–H groups in total. The number of aromatic nitrogens is 2. The van der Waals surface area contributed by atoms with Gasteiger partial charge in [-0.2, -0.15) is 0 Å². The van der Waals surface area contributed by atoms with Gasteiger partial charge in [0.25, 0.3) is 5.91 Å². The van der Waals surface area contributed by atoms with Gasteiger partial charge in [-0.15, -0.1) is 11.3 Å². The summed E-state index contributed by atoms with van der Waals surface area (Å²) in [5.74, 6) is 0.536. The van der Waals surface area contributed by atoms with E-state index in [-0.39, 0.29) is 12.5 Å². The summed E-state index contributed by atoms with van der Waals surface area (Å²) in [6, 6.07) is 0.297. The fourth-order valence-corrected chi connectivity index (χ4v) is 5.39. The van der Waals surface area contributed by atoms with Crippen molar-refractivity contribution in [2.75, 3.05) is 6.61 Å². The van der Waals surface area contributed by atoms with Crippen molar-refractivity contribution in [3.63, 3.8) is 0 Å². The maximum Gasteiger partial charge on any atom is 0.258 e. The van der Waals surface area contributed by atoms with Crippen molar-refractivity contribution in [3.05, 3.63) is 16.8 Å². The van der Waals surface area contributed by atoms with Crippen LogP contribution < -0.4 is 10.1 Å². The van der Waals surface area contributed by atoms with Gasteiger partial charge in [0.05, 0.1) is 5.39 Å². The molecule has 140 valence electrons. The van der Waals surface area contributed by atoms with Crippen LogP contribution in [0.2, 0.25) is 0 Å². The van der Waals surface area contributed by atoms with E-state index < -0.39 is 0 Å². The van der Waals surface area contributed by atoms with E-state index in [4.69, 9.17) is 4.74 Å². The Morgan fingerprint density at radius 2 is 1.85 bits per heavy atom. The predicted molar refractivity (Wildman–Crippen MR) is 104 cm³/mol. The Morgan fingerprint density at radius 1 is 1.08 bits per heavy atom. The Morgan fingerprint density at radius 3 is 2.69 bits per heavy atom. The molecule has 2 aliphatic carbocycles. The monoisotopic (exact) mass is 373 g/mol. The van der Waals surface area contributed by atoms with Gasteiger partial charge in [-0.25, -0.2) is 9.97 Å². The standard InChI is InChI=1S/C20H27N3O2S/c24-17(23-14-8-4-2-1-3-5-9-14)12-25-19-18-15-10-6-7-11-16(15)26-20(18)22-13-21-19/h13-14H,1-12H2,(H,23,24). The molecule has 4 rings (SSSR count). The number of hydrogen-bond donors (Lipinski definition) is 1. The minimum atomic E-state index is -0.0357. The van der Waals surface area contributed by atoms with E-state index in [1.165, 1.54) is 55.4 Å². The molecule has 0 bridgehead atoms. The van der Waals surface area contributed by atoms with E-state index in [0.29, 0.717) is 11.9 Å². The highest BCUT2D eigenvalue weighted by molar-refractivity contribution is 7.18. The highest BCUT2D eigenvalue weighted by atomic mass is 32.1. The molecule has 0 spiro atoms. The van der Waals surface area contributed by atoms with Crippen LogP contribution in [0.3, 0.4) is 0 Å². The summed E-state index contributed by atoms with van der Waals surface area (Å²) in [5, 5.41) is 4.19. The normalized spacial score (nSPS) is 18.8. The summed E-state index contributed by atoms with van der Waals surface area (Å²) < 4.78 is 5.85. The summed E-state index contributed by atoms with van der Waals surface area (Å²) in [6.45, 7) is 0.0350. The van der Waals surface area contributed by atoms with Crippen LogP contribution in [0.15, 0.2) is 6.33 Å². The van der Waals surface area contributed by atoms with E-state index in [1.54, 1.807) is 17.7 Å². The Kier molecular flexibility index (Phi) is 5.68. The number of hydrogen-bond acceptors (Lipinski definition) is 5. The molecule has 0 radical (unpaired) electrons. The molecule has 0 atom stereocenters. The minimum absolute atomic E-state index is 0.0350. The molecule has 1 fully saturated rings. The minimum Gasteiger partial charge on any atom is -0.467 e. The lowest BCUT2D eigenvalue weighted by Crippen LogP contribution is -2.38. The summed E-state index contributed by atoms with van der Waals surface area (Å²) in [4.78, 5) is 23.5. The topological polar surface area (TPSA) is 64.1 Å². The second-order valence-electron chi connectivity index (χ2n) is 7.47. The number of carbonyl (C=O) groups is 1. The fraction of sp³-hybridized carbons (Fsp3) is 0.650. The lowest BCUT2D eigenvalue weighted by molar-refractivity contribution is -0.124. The van der Waals surface area contributed by atoms with Crippen LogP contribution in [0.1, 0.15) is 68.2 Å². The van der Waals surface area contributed by atoms with E-state index >= 15 is 0 Å². The molecular formula is C20H27N3O2S. The van der Waals surface area contributed by atoms with Gasteiger partial charge in [-0.3, -0.25) is 4.79 Å². The molecule has 2 heterocycles. The Labute approximate surface area is 158 Å². The average molecular weight is 374 g/mol. The number of aryl methyl sites for hydroxylation is 2. The molecule has 0 aromatic carbocycles. The Balaban J connectivity index is 1.41. The number of ether oxygens (including phenoxy) is 1. The summed E-state index contributed by atoms with van der Waals surface area (Å²) in [7, 11) is 0. The Hall–Kier alpha value is -1.69. The second-order valence-corrected chi connectivity index (χ2v) is 8.55. The first kappa shape index (κ1) is 17.7. The van der Waals surface area contributed by atoms with Crippen molar-refractivity contribution in [1.82, 2.24) is 15.3 Å². The third kappa shape index (κ3) is 4.00. The largest absolute Gasteiger partial charge is 0.467 e. The number of nitrogens with one attached hydrogen (secondary N) is 1. The summed E-state index contributed by atoms with van der Waals surface area (Å²) >= 11 is 1.75. The number of carbonyl (C=O) groups excluding carboxylic acids is 1. The lowest BCUT2D eigenvalue weighted by atomic mass is 9.97. The molecule has 2 aromatic heterocycles. The van der Waals surface area contributed by atoms with E-state index in [0.717, 1.165) is 35.9 Å². The molecule has 0 unspecified atom stereocenters. The van der Waals surface area contributed by atoms with Crippen LogP contribution in [-0.2, 0) is 17.6 Å². The van der Waals surface area contributed by atoms with Crippen LogP contribution in [0.4, 0.5) is 0 Å². The smallest absolute Gasteiger partial charge is 0.258 e. The fourth-order valence-electron chi connectivity index (χ4n) is 4.17. The third-order valence-corrected chi connectivity index (χ3v) is 6.73. The maximum atomic E-state index is 12.4. The molecule has 0 aliphatic heterocycles. The average Bonchev–Trinajstić information content (AvgIpc) is 3.01. The molecule has 0 saturated heterocycles. The molecule has 6 heteroatoms. The van der Waals surface area contributed by atoms with E-state index in [9.17, 15) is 4.79 Å². The highest BCUT2D eigenvalue weighted by Crippen LogP contribution is 2.38. The zero-order valence-corrected chi connectivity index (χ0v) is 16.1. The van der Waals surface area contributed by atoms with Gasteiger partial charge in [-0.05, 0) is 44.1 Å². The highest BCUT2D eigenvalue weighted by Gasteiger charge is 2.21. The van der Waals surface area contributed by atoms with Crippen LogP contribution >= 0.6 is 11.3 Å². The number of rotatable bonds is 4. The lowest BCUT2D eigenvalue weighted by Gasteiger charge is -2.21. The molecule has 26 heavy (non-hydrogen) atoms. The quantitative estimate of drug-likeness (QED) is 0.873. The van der Waals surface area contributed by atoms with Gasteiger partial charge in [0.1, 0.15) is 11.2 Å². The number of amides is 1. The first-order valence-electron chi connectivity index (χ1n) is 9.98. The maximum absolute atomic E-state index is 12.4. The second kappa shape index (κ2) is 8.33. The van der Waals surface area contributed by atoms with Gasteiger partial charge in [-0.1, -0.05) is 32.1 Å². The summed E-state index contributed by atoms with van der Waals surface area (Å²) in [5.41, 5.74) is 1.34. The zero-order chi connectivity index (χ0) is 17.8. The number of thiophene rings is 1. The number of fused-ring (bicyclic) bond motifs is 3. The van der Waals surface area contributed by atoms with Crippen molar-refractivity contribution in [1.29, 1.82) is 0 Å². The van der Waals surface area contributed by atoms with Crippen LogP contribution in [0, 0.1) is 0 Å². The van der Waals surface area contributed by atoms with Gasteiger partial charge in [0.2, 0.25) is 5.88 Å². The molecule has 1 amide bonds. The predicted octanol–water partition coefficient (Wildman–Crippen LogP) is 4.18. The van der Waals surface area contributed by atoms with Crippen molar-refractivity contribution in [3.8, 4) is 5.88 Å². The van der Waals surface area contributed by atoms with Crippen molar-refractivity contribution >= 4 is 27.5 Å². The molecule has 2 aromatic rings. The first-order chi connectivity index (χ1) is 12.8. The van der Waals surface area contributed by atoms with Crippen molar-refractivity contribution in [2.24, 2.45) is 0 Å². The van der Waals surface area contributed by atoms with E-state index in [1.807, 2.05) is 0 Å². The first-order valence-corrected chi connectivity index (χ1v) is 10.8. The van der Waals surface area contributed by atoms with Crippen LogP contribution in [-0.4, -0.2) is 28.5 Å². The van der Waals surface area contributed by atoms with Gasteiger partial charge < -0.3 is 10.1 Å². The van der Waals surface area contributed by atoms with Crippen molar-refractivity contribution in [2.45, 2.75) is 76.7 Å². The molecule has 1 saturated carbocycles. The SMILES string of the molecule is O=C(COc1ncnc2sc3c(c12)CCCC3)NC1CCCCCCC1. The van der Waals surface area contributed by atoms with Crippen molar-refractivity contribution < 1.29 is 9.53 Å². The van der Waals surface area contributed by atoms with Gasteiger partial charge in [0.15, 0.2) is 6.61 Å². The Bertz CT molecular complexity index is 766. The molecule has 2 aliphatic rings. The van der Waals surface area contributed by atoms with Crippen LogP contribution in [0.5, 0.6) is 5.88 Å². The van der Waals surface area contributed by atoms with Crippen LogP contribution in [0.25, 0.3) is 10.2 Å². The molecule has 5 nitrogen and oxygen atoms in total. The van der Waals surface area contributed by atoms with Gasteiger partial charge in [0, 0.05) is 10.9 Å². The van der Waals surface area contributed by atoms with E-state index in [2.05, 4.69) is 15.3 Å². The third-order valence-electron chi connectivity index (χ3n) is 5.53. The van der Waals surface area contributed by atoms with Gasteiger partial charge >= 0.3 is 0 Å². The summed E-state index contributed by atoms with van der Waals surface area (Å²) in [6.07, 6.45) is 14.7.